The Hall–Kier alpha value is -3.41. The number of benzene rings is 2. The van der Waals surface area contributed by atoms with Crippen molar-refractivity contribution in [3.63, 3.8) is 0 Å². The minimum atomic E-state index is -0.465. The number of aryl methyl sites for hydroxylation is 1. The molecule has 0 aliphatic heterocycles. The molecule has 0 N–H and O–H groups in total. The van der Waals surface area contributed by atoms with Crippen molar-refractivity contribution >= 4 is 11.6 Å². The van der Waals surface area contributed by atoms with Gasteiger partial charge in [0.05, 0.1) is 17.7 Å². The SMILES string of the molecule is Cc1ccc(C(=O)N(CCc2ccccc2)Cc2ccco2)cc1[N+](=O)[O-]. The van der Waals surface area contributed by atoms with E-state index in [2.05, 4.69) is 0 Å². The maximum Gasteiger partial charge on any atom is 0.273 e. The molecule has 138 valence electrons. The van der Waals surface area contributed by atoms with Gasteiger partial charge in [-0.2, -0.15) is 0 Å². The van der Waals surface area contributed by atoms with Crippen LogP contribution in [0.15, 0.2) is 71.3 Å². The molecule has 1 heterocycles. The molecule has 6 nitrogen and oxygen atoms in total. The lowest BCUT2D eigenvalue weighted by Gasteiger charge is -2.22. The molecule has 0 saturated heterocycles. The molecular formula is C21H20N2O4. The summed E-state index contributed by atoms with van der Waals surface area (Å²) in [5, 5.41) is 11.2. The van der Waals surface area contributed by atoms with Crippen LogP contribution in [-0.2, 0) is 13.0 Å². The highest BCUT2D eigenvalue weighted by atomic mass is 16.6. The first kappa shape index (κ1) is 18.4. The van der Waals surface area contributed by atoms with Gasteiger partial charge in [-0.1, -0.05) is 36.4 Å². The van der Waals surface area contributed by atoms with Gasteiger partial charge in [-0.3, -0.25) is 14.9 Å². The molecule has 0 aliphatic rings. The summed E-state index contributed by atoms with van der Waals surface area (Å²) in [4.78, 5) is 25.4. The maximum absolute atomic E-state index is 13.0. The number of nitrogens with zero attached hydrogens (tertiary/aromatic N) is 2. The van der Waals surface area contributed by atoms with Crippen LogP contribution in [0.2, 0.25) is 0 Å². The number of nitro benzene ring substituents is 1. The standard InChI is InChI=1S/C21H20N2O4/c1-16-9-10-18(14-20(16)23(25)26)21(24)22(15-19-8-5-13-27-19)12-11-17-6-3-2-4-7-17/h2-10,13-14H,11-12,15H2,1H3. The van der Waals surface area contributed by atoms with Crippen molar-refractivity contribution in [2.75, 3.05) is 6.54 Å². The van der Waals surface area contributed by atoms with E-state index in [1.807, 2.05) is 30.3 Å². The molecule has 0 aliphatic carbocycles. The van der Waals surface area contributed by atoms with Gasteiger partial charge in [0.1, 0.15) is 5.76 Å². The Morgan fingerprint density at radius 1 is 1.11 bits per heavy atom. The second-order valence-electron chi connectivity index (χ2n) is 6.30. The van der Waals surface area contributed by atoms with Crippen molar-refractivity contribution in [1.29, 1.82) is 0 Å². The monoisotopic (exact) mass is 364 g/mol. The molecule has 0 bridgehead atoms. The molecule has 0 atom stereocenters. The van der Waals surface area contributed by atoms with E-state index in [1.165, 1.54) is 6.07 Å². The molecule has 2 aromatic carbocycles. The fraction of sp³-hybridized carbons (Fsp3) is 0.190. The van der Waals surface area contributed by atoms with Gasteiger partial charge in [-0.15, -0.1) is 0 Å². The Morgan fingerprint density at radius 2 is 1.89 bits per heavy atom. The summed E-state index contributed by atoms with van der Waals surface area (Å²) in [6, 6.07) is 18.0. The molecule has 27 heavy (non-hydrogen) atoms. The van der Waals surface area contributed by atoms with Gasteiger partial charge in [-0.05, 0) is 37.1 Å². The number of carbonyl (C=O) groups is 1. The average molecular weight is 364 g/mol. The van der Waals surface area contributed by atoms with E-state index < -0.39 is 4.92 Å². The van der Waals surface area contributed by atoms with E-state index in [9.17, 15) is 14.9 Å². The van der Waals surface area contributed by atoms with E-state index in [-0.39, 0.29) is 11.6 Å². The third-order valence-corrected chi connectivity index (χ3v) is 4.38. The highest BCUT2D eigenvalue weighted by molar-refractivity contribution is 5.95. The zero-order valence-corrected chi connectivity index (χ0v) is 15.0. The second kappa shape index (κ2) is 8.31. The smallest absolute Gasteiger partial charge is 0.273 e. The Labute approximate surface area is 157 Å². The summed E-state index contributed by atoms with van der Waals surface area (Å²) in [5.41, 5.74) is 1.89. The zero-order chi connectivity index (χ0) is 19.2. The van der Waals surface area contributed by atoms with Crippen LogP contribution in [0.25, 0.3) is 0 Å². The Kier molecular flexibility index (Phi) is 5.66. The van der Waals surface area contributed by atoms with E-state index in [4.69, 9.17) is 4.42 Å². The van der Waals surface area contributed by atoms with Gasteiger partial charge in [0.15, 0.2) is 0 Å². The van der Waals surface area contributed by atoms with E-state index in [1.54, 1.807) is 42.4 Å². The number of carbonyl (C=O) groups excluding carboxylic acids is 1. The molecule has 6 heteroatoms. The second-order valence-corrected chi connectivity index (χ2v) is 6.30. The molecule has 3 aromatic rings. The van der Waals surface area contributed by atoms with Crippen LogP contribution >= 0.6 is 0 Å². The van der Waals surface area contributed by atoms with Crippen molar-refractivity contribution in [2.24, 2.45) is 0 Å². The number of hydrogen-bond acceptors (Lipinski definition) is 4. The van der Waals surface area contributed by atoms with Crippen LogP contribution < -0.4 is 0 Å². The number of nitro groups is 1. The van der Waals surface area contributed by atoms with Crippen LogP contribution in [0.1, 0.15) is 27.2 Å². The zero-order valence-electron chi connectivity index (χ0n) is 15.0. The first-order valence-corrected chi connectivity index (χ1v) is 8.65. The maximum atomic E-state index is 13.0. The molecule has 1 amide bonds. The molecule has 0 spiro atoms. The van der Waals surface area contributed by atoms with Crippen LogP contribution in [-0.4, -0.2) is 22.3 Å². The van der Waals surface area contributed by atoms with Gasteiger partial charge >= 0.3 is 0 Å². The summed E-state index contributed by atoms with van der Waals surface area (Å²) >= 11 is 0. The van der Waals surface area contributed by atoms with Crippen molar-refractivity contribution < 1.29 is 14.1 Å². The third-order valence-electron chi connectivity index (χ3n) is 4.38. The number of rotatable bonds is 7. The third kappa shape index (κ3) is 4.61. The Bertz CT molecular complexity index is 921. The molecule has 0 radical (unpaired) electrons. The molecule has 1 aromatic heterocycles. The average Bonchev–Trinajstić information content (AvgIpc) is 3.18. The predicted octanol–water partition coefficient (Wildman–Crippen LogP) is 4.38. The number of amides is 1. The summed E-state index contributed by atoms with van der Waals surface area (Å²) in [5.74, 6) is 0.406. The molecule has 0 fully saturated rings. The van der Waals surface area contributed by atoms with E-state index >= 15 is 0 Å². The summed E-state index contributed by atoms with van der Waals surface area (Å²) in [6.45, 7) is 2.44. The summed E-state index contributed by atoms with van der Waals surface area (Å²) in [6.07, 6.45) is 2.24. The van der Waals surface area contributed by atoms with Gasteiger partial charge in [0.25, 0.3) is 11.6 Å². The highest BCUT2D eigenvalue weighted by Crippen LogP contribution is 2.21. The minimum Gasteiger partial charge on any atom is -0.467 e. The topological polar surface area (TPSA) is 76.6 Å². The molecule has 0 unspecified atom stereocenters. The fourth-order valence-electron chi connectivity index (χ4n) is 2.87. The number of furan rings is 1. The first-order chi connectivity index (χ1) is 13.0. The van der Waals surface area contributed by atoms with Crippen molar-refractivity contribution in [3.05, 3.63) is 99.5 Å². The molecular weight excluding hydrogens is 344 g/mol. The van der Waals surface area contributed by atoms with Crippen LogP contribution in [0, 0.1) is 17.0 Å². The van der Waals surface area contributed by atoms with Gasteiger partial charge in [0, 0.05) is 23.7 Å². The fourth-order valence-corrected chi connectivity index (χ4v) is 2.87. The van der Waals surface area contributed by atoms with Crippen molar-refractivity contribution in [1.82, 2.24) is 4.90 Å². The Balaban J connectivity index is 1.83. The molecule has 3 rings (SSSR count). The number of hydrogen-bond donors (Lipinski definition) is 0. The minimum absolute atomic E-state index is 0.0538. The Morgan fingerprint density at radius 3 is 2.56 bits per heavy atom. The lowest BCUT2D eigenvalue weighted by atomic mass is 10.1. The first-order valence-electron chi connectivity index (χ1n) is 8.65. The molecule has 0 saturated carbocycles. The van der Waals surface area contributed by atoms with E-state index in [0.29, 0.717) is 36.4 Å². The van der Waals surface area contributed by atoms with E-state index in [0.717, 1.165) is 5.56 Å². The lowest BCUT2D eigenvalue weighted by Crippen LogP contribution is -2.32. The van der Waals surface area contributed by atoms with Crippen molar-refractivity contribution in [3.8, 4) is 0 Å². The van der Waals surface area contributed by atoms with Crippen LogP contribution in [0.4, 0.5) is 5.69 Å². The highest BCUT2D eigenvalue weighted by Gasteiger charge is 2.21. The van der Waals surface area contributed by atoms with Crippen LogP contribution in [0.5, 0.6) is 0 Å². The quantitative estimate of drug-likeness (QED) is 0.460. The van der Waals surface area contributed by atoms with Gasteiger partial charge in [-0.25, -0.2) is 0 Å². The lowest BCUT2D eigenvalue weighted by molar-refractivity contribution is -0.385. The van der Waals surface area contributed by atoms with Gasteiger partial charge < -0.3 is 9.32 Å². The van der Waals surface area contributed by atoms with Crippen LogP contribution in [0.3, 0.4) is 0 Å². The van der Waals surface area contributed by atoms with Crippen molar-refractivity contribution in [2.45, 2.75) is 19.9 Å². The summed E-state index contributed by atoms with van der Waals surface area (Å²) in [7, 11) is 0. The van der Waals surface area contributed by atoms with Gasteiger partial charge in [0.2, 0.25) is 0 Å². The normalized spacial score (nSPS) is 10.6. The predicted molar refractivity (Wildman–Crippen MR) is 101 cm³/mol. The largest absolute Gasteiger partial charge is 0.467 e. The summed E-state index contributed by atoms with van der Waals surface area (Å²) < 4.78 is 5.38.